The van der Waals surface area contributed by atoms with Gasteiger partial charge in [0, 0.05) is 45.9 Å². The molecule has 1 aliphatic rings. The molecule has 22 heavy (non-hydrogen) atoms. The maximum Gasteiger partial charge on any atom is 0.191 e. The van der Waals surface area contributed by atoms with Gasteiger partial charge in [-0.15, -0.1) is 24.0 Å². The van der Waals surface area contributed by atoms with E-state index < -0.39 is 0 Å². The summed E-state index contributed by atoms with van der Waals surface area (Å²) in [5, 5.41) is 6.70. The molecule has 1 atom stereocenters. The second-order valence-electron chi connectivity index (χ2n) is 5.54. The molecule has 2 N–H and O–H groups in total. The number of hydrogen-bond acceptors (Lipinski definition) is 4. The van der Waals surface area contributed by atoms with Gasteiger partial charge in [0.15, 0.2) is 5.96 Å². The zero-order valence-corrected chi connectivity index (χ0v) is 16.8. The first-order valence-electron chi connectivity index (χ1n) is 8.03. The van der Waals surface area contributed by atoms with Crippen LogP contribution in [0.2, 0.25) is 0 Å². The molecule has 1 fully saturated rings. The summed E-state index contributed by atoms with van der Waals surface area (Å²) < 4.78 is 10.8. The molecule has 0 radical (unpaired) electrons. The van der Waals surface area contributed by atoms with Gasteiger partial charge in [-0.25, -0.2) is 0 Å². The van der Waals surface area contributed by atoms with Crippen LogP contribution in [-0.4, -0.2) is 76.6 Å². The van der Waals surface area contributed by atoms with Crippen LogP contribution in [0.15, 0.2) is 4.99 Å². The van der Waals surface area contributed by atoms with Crippen LogP contribution in [0.25, 0.3) is 0 Å². The van der Waals surface area contributed by atoms with Gasteiger partial charge in [-0.05, 0) is 12.8 Å². The summed E-state index contributed by atoms with van der Waals surface area (Å²) in [6, 6.07) is 0.499. The van der Waals surface area contributed by atoms with E-state index in [4.69, 9.17) is 9.47 Å². The number of halogens is 1. The van der Waals surface area contributed by atoms with E-state index in [1.165, 1.54) is 0 Å². The molecule has 1 heterocycles. The Balaban J connectivity index is 0.00000441. The standard InChI is InChI=1S/C15H32N4O2.HI/c1-5-20-9-6-17-15(16-4)18-12-14(13(2)3)19-7-10-21-11-8-19;/h13-14H,5-12H2,1-4H3,(H2,16,17,18);1H. The van der Waals surface area contributed by atoms with Crippen molar-refractivity contribution >= 4 is 29.9 Å². The minimum Gasteiger partial charge on any atom is -0.380 e. The predicted octanol–water partition coefficient (Wildman–Crippen LogP) is 1.16. The average molecular weight is 428 g/mol. The Kier molecular flexibility index (Phi) is 13.3. The van der Waals surface area contributed by atoms with E-state index in [-0.39, 0.29) is 24.0 Å². The third-order valence-electron chi connectivity index (χ3n) is 3.73. The van der Waals surface area contributed by atoms with E-state index >= 15 is 0 Å². The number of ether oxygens (including phenoxy) is 2. The van der Waals surface area contributed by atoms with Crippen LogP contribution in [0.4, 0.5) is 0 Å². The van der Waals surface area contributed by atoms with Gasteiger partial charge in [-0.3, -0.25) is 9.89 Å². The molecule has 0 aromatic carbocycles. The van der Waals surface area contributed by atoms with Crippen molar-refractivity contribution in [2.75, 3.05) is 59.7 Å². The minimum atomic E-state index is 0. The van der Waals surface area contributed by atoms with Crippen molar-refractivity contribution in [1.29, 1.82) is 0 Å². The molecule has 1 rings (SSSR count). The van der Waals surface area contributed by atoms with Gasteiger partial charge in [0.05, 0.1) is 19.8 Å². The molecule has 132 valence electrons. The van der Waals surface area contributed by atoms with Gasteiger partial charge in [0.1, 0.15) is 0 Å². The SMILES string of the molecule is CCOCCNC(=NC)NCC(C(C)C)N1CCOCC1.I. The third kappa shape index (κ3) is 8.50. The Hall–Kier alpha value is -0.120. The minimum absolute atomic E-state index is 0. The van der Waals surface area contributed by atoms with Gasteiger partial charge < -0.3 is 20.1 Å². The lowest BCUT2D eigenvalue weighted by molar-refractivity contribution is 0.00751. The molecular formula is C15H33IN4O2. The number of morpholine rings is 1. The summed E-state index contributed by atoms with van der Waals surface area (Å²) in [4.78, 5) is 6.77. The molecule has 0 aromatic rings. The monoisotopic (exact) mass is 428 g/mol. The van der Waals surface area contributed by atoms with Crippen molar-refractivity contribution < 1.29 is 9.47 Å². The first kappa shape index (κ1) is 21.9. The first-order valence-corrected chi connectivity index (χ1v) is 8.03. The van der Waals surface area contributed by atoms with Crippen molar-refractivity contribution in [3.05, 3.63) is 0 Å². The number of nitrogens with one attached hydrogen (secondary N) is 2. The molecule has 6 nitrogen and oxygen atoms in total. The summed E-state index contributed by atoms with van der Waals surface area (Å²) in [5.74, 6) is 1.44. The first-order chi connectivity index (χ1) is 10.2. The van der Waals surface area contributed by atoms with Crippen LogP contribution < -0.4 is 10.6 Å². The number of guanidine groups is 1. The smallest absolute Gasteiger partial charge is 0.191 e. The lowest BCUT2D eigenvalue weighted by Gasteiger charge is -2.37. The molecule has 0 aromatic heterocycles. The van der Waals surface area contributed by atoms with Gasteiger partial charge in [-0.1, -0.05) is 13.8 Å². The predicted molar refractivity (Wildman–Crippen MR) is 102 cm³/mol. The Bertz CT molecular complexity index is 297. The van der Waals surface area contributed by atoms with E-state index in [0.29, 0.717) is 18.6 Å². The summed E-state index contributed by atoms with van der Waals surface area (Å²) in [5.41, 5.74) is 0. The van der Waals surface area contributed by atoms with Gasteiger partial charge in [0.25, 0.3) is 0 Å². The fourth-order valence-corrected chi connectivity index (χ4v) is 2.50. The van der Waals surface area contributed by atoms with Crippen molar-refractivity contribution in [3.63, 3.8) is 0 Å². The zero-order chi connectivity index (χ0) is 15.5. The van der Waals surface area contributed by atoms with Crippen LogP contribution in [0.1, 0.15) is 20.8 Å². The molecule has 0 spiro atoms. The highest BCUT2D eigenvalue weighted by molar-refractivity contribution is 14.0. The highest BCUT2D eigenvalue weighted by Crippen LogP contribution is 2.12. The fourth-order valence-electron chi connectivity index (χ4n) is 2.50. The molecule has 0 amide bonds. The maximum atomic E-state index is 5.44. The van der Waals surface area contributed by atoms with E-state index in [1.807, 2.05) is 6.92 Å². The van der Waals surface area contributed by atoms with Crippen LogP contribution >= 0.6 is 24.0 Å². The molecule has 1 saturated heterocycles. The molecule has 7 heteroatoms. The highest BCUT2D eigenvalue weighted by atomic mass is 127. The molecule has 0 saturated carbocycles. The Morgan fingerprint density at radius 1 is 1.27 bits per heavy atom. The van der Waals surface area contributed by atoms with Crippen molar-refractivity contribution in [1.82, 2.24) is 15.5 Å². The lowest BCUT2D eigenvalue weighted by atomic mass is 10.0. The molecule has 0 bridgehead atoms. The van der Waals surface area contributed by atoms with Crippen LogP contribution in [0.3, 0.4) is 0 Å². The Morgan fingerprint density at radius 3 is 2.50 bits per heavy atom. The fraction of sp³-hybridized carbons (Fsp3) is 0.933. The average Bonchev–Trinajstić information content (AvgIpc) is 2.50. The van der Waals surface area contributed by atoms with Crippen molar-refractivity contribution in [2.24, 2.45) is 10.9 Å². The summed E-state index contributed by atoms with van der Waals surface area (Å²) in [6.07, 6.45) is 0. The zero-order valence-electron chi connectivity index (χ0n) is 14.4. The summed E-state index contributed by atoms with van der Waals surface area (Å²) in [6.45, 7) is 13.4. The topological polar surface area (TPSA) is 58.1 Å². The van der Waals surface area contributed by atoms with Gasteiger partial charge in [0.2, 0.25) is 0 Å². The quantitative estimate of drug-likeness (QED) is 0.263. The second kappa shape index (κ2) is 13.3. The van der Waals surface area contributed by atoms with E-state index in [0.717, 1.165) is 52.0 Å². The molecular weight excluding hydrogens is 395 g/mol. The van der Waals surface area contributed by atoms with Crippen LogP contribution in [0, 0.1) is 5.92 Å². The van der Waals surface area contributed by atoms with Crippen LogP contribution in [0.5, 0.6) is 0 Å². The van der Waals surface area contributed by atoms with Crippen LogP contribution in [-0.2, 0) is 9.47 Å². The van der Waals surface area contributed by atoms with E-state index in [2.05, 4.69) is 34.4 Å². The lowest BCUT2D eigenvalue weighted by Crippen LogP contribution is -2.52. The molecule has 1 aliphatic heterocycles. The Labute approximate surface area is 152 Å². The highest BCUT2D eigenvalue weighted by Gasteiger charge is 2.23. The van der Waals surface area contributed by atoms with Crippen molar-refractivity contribution in [3.8, 4) is 0 Å². The maximum absolute atomic E-state index is 5.44. The third-order valence-corrected chi connectivity index (χ3v) is 3.73. The van der Waals surface area contributed by atoms with Gasteiger partial charge in [-0.2, -0.15) is 0 Å². The summed E-state index contributed by atoms with van der Waals surface area (Å²) in [7, 11) is 1.80. The number of aliphatic imine (C=N–C) groups is 1. The summed E-state index contributed by atoms with van der Waals surface area (Å²) >= 11 is 0. The largest absolute Gasteiger partial charge is 0.380 e. The second-order valence-corrected chi connectivity index (χ2v) is 5.54. The van der Waals surface area contributed by atoms with E-state index in [1.54, 1.807) is 7.05 Å². The molecule has 0 aliphatic carbocycles. The normalized spacial score (nSPS) is 18.0. The number of rotatable bonds is 8. The van der Waals surface area contributed by atoms with E-state index in [9.17, 15) is 0 Å². The number of hydrogen-bond donors (Lipinski definition) is 2. The Morgan fingerprint density at radius 2 is 1.95 bits per heavy atom. The van der Waals surface area contributed by atoms with Gasteiger partial charge >= 0.3 is 0 Å². The number of nitrogens with zero attached hydrogens (tertiary/aromatic N) is 2. The molecule has 1 unspecified atom stereocenters. The van der Waals surface area contributed by atoms with Crippen molar-refractivity contribution in [2.45, 2.75) is 26.8 Å².